The summed E-state index contributed by atoms with van der Waals surface area (Å²) in [6.45, 7) is 2.08. The molecule has 1 aliphatic heterocycles. The molecule has 2 aromatic carbocycles. The zero-order valence-corrected chi connectivity index (χ0v) is 16.6. The number of nitrogens with one attached hydrogen (secondary N) is 1. The maximum absolute atomic E-state index is 12.6. The first-order chi connectivity index (χ1) is 13.0. The van der Waals surface area contributed by atoms with E-state index in [1.807, 2.05) is 24.3 Å². The molecule has 0 amide bonds. The third kappa shape index (κ3) is 4.04. The standard InChI is InChI=1S/C20H16Cl3N3O/c21-14-4-2-13(3-5-14)19-24-18-7-8-26(11-15(18)20(27)25-19)10-12-1-6-16(22)17(23)9-12/h1-6,9H,7-8,10-11H2,(H,24,25,27). The average molecular weight is 421 g/mol. The van der Waals surface area contributed by atoms with Crippen LogP contribution in [0, 0.1) is 0 Å². The summed E-state index contributed by atoms with van der Waals surface area (Å²) in [6, 6.07) is 12.9. The van der Waals surface area contributed by atoms with Crippen LogP contribution in [-0.2, 0) is 19.5 Å². The predicted octanol–water partition coefficient (Wildman–Crippen LogP) is 4.96. The van der Waals surface area contributed by atoms with Crippen LogP contribution in [0.2, 0.25) is 15.1 Å². The van der Waals surface area contributed by atoms with Gasteiger partial charge in [-0.3, -0.25) is 9.69 Å². The Hall–Kier alpha value is -1.85. The summed E-state index contributed by atoms with van der Waals surface area (Å²) >= 11 is 18.0. The number of rotatable bonds is 3. The first-order valence-electron chi connectivity index (χ1n) is 8.54. The maximum atomic E-state index is 12.6. The zero-order chi connectivity index (χ0) is 19.0. The van der Waals surface area contributed by atoms with Gasteiger partial charge in [0.25, 0.3) is 5.56 Å². The van der Waals surface area contributed by atoms with E-state index < -0.39 is 0 Å². The number of benzene rings is 2. The van der Waals surface area contributed by atoms with E-state index in [2.05, 4.69) is 14.9 Å². The molecule has 0 bridgehead atoms. The third-order valence-electron chi connectivity index (χ3n) is 4.66. The van der Waals surface area contributed by atoms with Crippen LogP contribution in [-0.4, -0.2) is 21.4 Å². The monoisotopic (exact) mass is 419 g/mol. The third-order valence-corrected chi connectivity index (χ3v) is 5.65. The Morgan fingerprint density at radius 3 is 2.56 bits per heavy atom. The Labute approximate surface area is 171 Å². The molecule has 138 valence electrons. The SMILES string of the molecule is O=c1[nH]c(-c2ccc(Cl)cc2)nc2c1CN(Cc1ccc(Cl)c(Cl)c1)CC2. The molecule has 1 aliphatic rings. The van der Waals surface area contributed by atoms with E-state index >= 15 is 0 Å². The Bertz CT molecular complexity index is 1050. The lowest BCUT2D eigenvalue weighted by atomic mass is 10.1. The highest BCUT2D eigenvalue weighted by Gasteiger charge is 2.21. The van der Waals surface area contributed by atoms with Gasteiger partial charge >= 0.3 is 0 Å². The molecule has 0 fully saturated rings. The second kappa shape index (κ2) is 7.64. The summed E-state index contributed by atoms with van der Waals surface area (Å²) in [5.74, 6) is 0.577. The van der Waals surface area contributed by atoms with Crippen molar-refractivity contribution in [1.82, 2.24) is 14.9 Å². The molecule has 0 aliphatic carbocycles. The highest BCUT2D eigenvalue weighted by atomic mass is 35.5. The zero-order valence-electron chi connectivity index (χ0n) is 14.3. The van der Waals surface area contributed by atoms with Crippen molar-refractivity contribution in [2.24, 2.45) is 0 Å². The molecule has 4 rings (SSSR count). The van der Waals surface area contributed by atoms with E-state index in [9.17, 15) is 4.79 Å². The van der Waals surface area contributed by atoms with Gasteiger partial charge in [-0.25, -0.2) is 4.98 Å². The fourth-order valence-electron chi connectivity index (χ4n) is 3.26. The molecule has 3 aromatic rings. The van der Waals surface area contributed by atoms with Gasteiger partial charge in [-0.2, -0.15) is 0 Å². The highest BCUT2D eigenvalue weighted by molar-refractivity contribution is 6.42. The van der Waals surface area contributed by atoms with E-state index in [1.54, 1.807) is 18.2 Å². The molecule has 7 heteroatoms. The van der Waals surface area contributed by atoms with Crippen LogP contribution in [0.25, 0.3) is 11.4 Å². The van der Waals surface area contributed by atoms with Crippen molar-refractivity contribution in [2.45, 2.75) is 19.5 Å². The molecule has 0 saturated carbocycles. The van der Waals surface area contributed by atoms with Crippen LogP contribution >= 0.6 is 34.8 Å². The average Bonchev–Trinajstić information content (AvgIpc) is 2.66. The van der Waals surface area contributed by atoms with Crippen LogP contribution in [0.5, 0.6) is 0 Å². The lowest BCUT2D eigenvalue weighted by Crippen LogP contribution is -2.35. The molecular weight excluding hydrogens is 405 g/mol. The van der Waals surface area contributed by atoms with Crippen molar-refractivity contribution in [2.75, 3.05) is 6.54 Å². The van der Waals surface area contributed by atoms with Crippen molar-refractivity contribution in [3.05, 3.63) is 84.7 Å². The number of hydrogen-bond acceptors (Lipinski definition) is 3. The lowest BCUT2D eigenvalue weighted by molar-refractivity contribution is 0.242. The number of hydrogen-bond donors (Lipinski definition) is 1. The van der Waals surface area contributed by atoms with Gasteiger partial charge in [0, 0.05) is 36.6 Å². The second-order valence-corrected chi connectivity index (χ2v) is 7.81. The summed E-state index contributed by atoms with van der Waals surface area (Å²) in [5, 5.41) is 1.73. The van der Waals surface area contributed by atoms with Crippen molar-refractivity contribution < 1.29 is 0 Å². The minimum atomic E-state index is -0.0937. The van der Waals surface area contributed by atoms with E-state index in [-0.39, 0.29) is 5.56 Å². The maximum Gasteiger partial charge on any atom is 0.255 e. The molecule has 0 unspecified atom stereocenters. The molecule has 27 heavy (non-hydrogen) atoms. The van der Waals surface area contributed by atoms with Gasteiger partial charge in [0.15, 0.2) is 0 Å². The van der Waals surface area contributed by atoms with Gasteiger partial charge in [-0.15, -0.1) is 0 Å². The van der Waals surface area contributed by atoms with Crippen molar-refractivity contribution in [3.63, 3.8) is 0 Å². The summed E-state index contributed by atoms with van der Waals surface area (Å²) < 4.78 is 0. The summed E-state index contributed by atoms with van der Waals surface area (Å²) in [4.78, 5) is 22.4. The quantitative estimate of drug-likeness (QED) is 0.652. The fraction of sp³-hybridized carbons (Fsp3) is 0.200. The predicted molar refractivity (Wildman–Crippen MR) is 110 cm³/mol. The normalized spacial score (nSPS) is 14.2. The highest BCUT2D eigenvalue weighted by Crippen LogP contribution is 2.25. The number of H-pyrrole nitrogens is 1. The Kier molecular flexibility index (Phi) is 5.24. The molecular formula is C20H16Cl3N3O. The Morgan fingerprint density at radius 2 is 1.81 bits per heavy atom. The number of fused-ring (bicyclic) bond motifs is 1. The summed E-state index contributed by atoms with van der Waals surface area (Å²) in [6.07, 6.45) is 0.723. The molecule has 0 saturated heterocycles. The van der Waals surface area contributed by atoms with Gasteiger partial charge in [0.05, 0.1) is 21.3 Å². The molecule has 0 atom stereocenters. The molecule has 2 heterocycles. The van der Waals surface area contributed by atoms with Crippen molar-refractivity contribution >= 4 is 34.8 Å². The van der Waals surface area contributed by atoms with Gasteiger partial charge in [-0.1, -0.05) is 40.9 Å². The van der Waals surface area contributed by atoms with Crippen LogP contribution in [0.15, 0.2) is 47.3 Å². The minimum Gasteiger partial charge on any atom is -0.306 e. The number of halogens is 3. The first-order valence-corrected chi connectivity index (χ1v) is 9.67. The molecule has 0 radical (unpaired) electrons. The lowest BCUT2D eigenvalue weighted by Gasteiger charge is -2.27. The second-order valence-electron chi connectivity index (χ2n) is 6.56. The van der Waals surface area contributed by atoms with Gasteiger partial charge in [0.1, 0.15) is 5.82 Å². The minimum absolute atomic E-state index is 0.0937. The molecule has 1 aromatic heterocycles. The number of nitrogens with zero attached hydrogens (tertiary/aromatic N) is 2. The largest absolute Gasteiger partial charge is 0.306 e. The van der Waals surface area contributed by atoms with E-state index in [1.165, 1.54) is 0 Å². The van der Waals surface area contributed by atoms with Crippen LogP contribution in [0.4, 0.5) is 0 Å². The number of aromatic nitrogens is 2. The van der Waals surface area contributed by atoms with Gasteiger partial charge in [-0.05, 0) is 42.0 Å². The Morgan fingerprint density at radius 1 is 1.04 bits per heavy atom. The molecule has 1 N–H and O–H groups in total. The van der Waals surface area contributed by atoms with Crippen LogP contribution in [0.3, 0.4) is 0 Å². The van der Waals surface area contributed by atoms with Crippen LogP contribution < -0.4 is 5.56 Å². The van der Waals surface area contributed by atoms with E-state index in [0.717, 1.165) is 35.3 Å². The summed E-state index contributed by atoms with van der Waals surface area (Å²) in [7, 11) is 0. The molecule has 0 spiro atoms. The van der Waals surface area contributed by atoms with Gasteiger partial charge in [0.2, 0.25) is 0 Å². The summed E-state index contributed by atoms with van der Waals surface area (Å²) in [5.41, 5.74) is 3.39. The van der Waals surface area contributed by atoms with Gasteiger partial charge < -0.3 is 4.98 Å². The number of aromatic amines is 1. The van der Waals surface area contributed by atoms with Crippen molar-refractivity contribution in [3.8, 4) is 11.4 Å². The van der Waals surface area contributed by atoms with E-state index in [4.69, 9.17) is 34.8 Å². The smallest absolute Gasteiger partial charge is 0.255 e. The molecule has 4 nitrogen and oxygen atoms in total. The van der Waals surface area contributed by atoms with Crippen molar-refractivity contribution in [1.29, 1.82) is 0 Å². The first kappa shape index (κ1) is 18.5. The fourth-order valence-corrected chi connectivity index (χ4v) is 3.70. The van der Waals surface area contributed by atoms with Crippen LogP contribution in [0.1, 0.15) is 16.8 Å². The Balaban J connectivity index is 1.57. The van der Waals surface area contributed by atoms with E-state index in [0.29, 0.717) is 34.0 Å². The topological polar surface area (TPSA) is 49.0 Å².